The first-order valence-electron chi connectivity index (χ1n) is 3.69. The molecule has 0 aromatic carbocycles. The fourth-order valence-electron chi connectivity index (χ4n) is 0.440. The third-order valence-corrected chi connectivity index (χ3v) is 1.42. The highest BCUT2D eigenvalue weighted by Crippen LogP contribution is 1.96. The van der Waals surface area contributed by atoms with Gasteiger partial charge in [-0.3, -0.25) is 0 Å². The first-order valence-corrected chi connectivity index (χ1v) is 3.69. The Kier molecular flexibility index (Phi) is 5.26. The fourth-order valence-corrected chi connectivity index (χ4v) is 0.440. The van der Waals surface area contributed by atoms with Gasteiger partial charge in [0.25, 0.3) is 0 Å². The zero-order valence-corrected chi connectivity index (χ0v) is 7.05. The van der Waals surface area contributed by atoms with Crippen LogP contribution in [0.25, 0.3) is 0 Å². The topological polar surface area (TPSA) is 35.2 Å². The summed E-state index contributed by atoms with van der Waals surface area (Å²) in [6, 6.07) is 0. The average molecular weight is 143 g/mol. The minimum Gasteiger partial charge on any atom is -0.359 e. The van der Waals surface area contributed by atoms with E-state index in [0.29, 0.717) is 6.61 Å². The minimum absolute atomic E-state index is 0.102. The van der Waals surface area contributed by atoms with Crippen LogP contribution < -0.4 is 5.73 Å². The van der Waals surface area contributed by atoms with Crippen molar-refractivity contribution in [3.05, 3.63) is 11.6 Å². The van der Waals surface area contributed by atoms with E-state index in [2.05, 4.69) is 0 Å². The Morgan fingerprint density at radius 1 is 1.70 bits per heavy atom. The van der Waals surface area contributed by atoms with Crippen LogP contribution in [0.5, 0.6) is 0 Å². The maximum absolute atomic E-state index is 5.53. The molecule has 0 saturated carbocycles. The zero-order chi connectivity index (χ0) is 7.98. The van der Waals surface area contributed by atoms with Crippen molar-refractivity contribution < 1.29 is 4.74 Å². The summed E-state index contributed by atoms with van der Waals surface area (Å²) in [5, 5.41) is 0. The van der Waals surface area contributed by atoms with Crippen LogP contribution in [0.1, 0.15) is 27.2 Å². The molecule has 0 saturated heterocycles. The van der Waals surface area contributed by atoms with Crippen LogP contribution in [0.2, 0.25) is 0 Å². The van der Waals surface area contributed by atoms with E-state index in [1.54, 1.807) is 0 Å². The highest BCUT2D eigenvalue weighted by Gasteiger charge is 1.96. The predicted octanol–water partition coefficient (Wildman–Crippen LogP) is 1.66. The molecule has 0 aromatic heterocycles. The number of ether oxygens (including phenoxy) is 1. The largest absolute Gasteiger partial charge is 0.359 e. The molecule has 0 spiro atoms. The van der Waals surface area contributed by atoms with E-state index in [9.17, 15) is 0 Å². The van der Waals surface area contributed by atoms with Crippen molar-refractivity contribution in [2.75, 3.05) is 6.61 Å². The van der Waals surface area contributed by atoms with E-state index in [0.717, 1.165) is 6.42 Å². The van der Waals surface area contributed by atoms with Gasteiger partial charge in [0.2, 0.25) is 0 Å². The second kappa shape index (κ2) is 5.45. The lowest BCUT2D eigenvalue weighted by atomic mass is 10.3. The molecule has 60 valence electrons. The van der Waals surface area contributed by atoms with Crippen molar-refractivity contribution in [3.8, 4) is 0 Å². The molecule has 1 atom stereocenters. The highest BCUT2D eigenvalue weighted by molar-refractivity contribution is 4.95. The van der Waals surface area contributed by atoms with Crippen LogP contribution in [0.3, 0.4) is 0 Å². The van der Waals surface area contributed by atoms with Crippen LogP contribution in [0, 0.1) is 0 Å². The van der Waals surface area contributed by atoms with Crippen molar-refractivity contribution in [2.45, 2.75) is 33.4 Å². The maximum atomic E-state index is 5.53. The van der Waals surface area contributed by atoms with Crippen LogP contribution in [-0.2, 0) is 4.74 Å². The second-order valence-corrected chi connectivity index (χ2v) is 2.39. The minimum atomic E-state index is -0.102. The van der Waals surface area contributed by atoms with Gasteiger partial charge in [0.1, 0.15) is 6.23 Å². The fraction of sp³-hybridized carbons (Fsp3) is 0.750. The van der Waals surface area contributed by atoms with E-state index >= 15 is 0 Å². The first kappa shape index (κ1) is 9.66. The molecule has 0 bridgehead atoms. The summed E-state index contributed by atoms with van der Waals surface area (Å²) in [6.45, 7) is 6.69. The van der Waals surface area contributed by atoms with E-state index < -0.39 is 0 Å². The molecule has 10 heavy (non-hydrogen) atoms. The van der Waals surface area contributed by atoms with Gasteiger partial charge in [-0.05, 0) is 20.3 Å². The summed E-state index contributed by atoms with van der Waals surface area (Å²) >= 11 is 0. The molecular weight excluding hydrogens is 126 g/mol. The predicted molar refractivity (Wildman–Crippen MR) is 43.6 cm³/mol. The van der Waals surface area contributed by atoms with Crippen LogP contribution in [0.15, 0.2) is 11.6 Å². The number of nitrogens with two attached hydrogens (primary N) is 1. The standard InChI is InChI=1S/C8H17NO/c1-4-7(3)6-10-8(9)5-2/h4,8H,5-6,9H2,1-3H3/b7-4-. The average Bonchev–Trinajstić information content (AvgIpc) is 1.99. The van der Waals surface area contributed by atoms with Crippen molar-refractivity contribution in [3.63, 3.8) is 0 Å². The van der Waals surface area contributed by atoms with Gasteiger partial charge in [-0.1, -0.05) is 18.6 Å². The molecule has 0 rings (SSSR count). The Bertz CT molecular complexity index is 110. The van der Waals surface area contributed by atoms with Gasteiger partial charge in [-0.25, -0.2) is 0 Å². The number of allylic oxidation sites excluding steroid dienone is 1. The van der Waals surface area contributed by atoms with Crippen LogP contribution >= 0.6 is 0 Å². The molecule has 0 fully saturated rings. The molecule has 0 aliphatic rings. The SMILES string of the molecule is C/C=C(/C)COC(N)CC. The van der Waals surface area contributed by atoms with Crippen molar-refractivity contribution >= 4 is 0 Å². The number of hydrogen-bond acceptors (Lipinski definition) is 2. The lowest BCUT2D eigenvalue weighted by Crippen LogP contribution is -2.23. The van der Waals surface area contributed by atoms with Crippen molar-refractivity contribution in [1.29, 1.82) is 0 Å². The van der Waals surface area contributed by atoms with Gasteiger partial charge in [-0.15, -0.1) is 0 Å². The highest BCUT2D eigenvalue weighted by atomic mass is 16.5. The third-order valence-electron chi connectivity index (χ3n) is 1.42. The Balaban J connectivity index is 3.35. The lowest BCUT2D eigenvalue weighted by Gasteiger charge is -2.09. The molecule has 0 radical (unpaired) electrons. The number of hydrogen-bond donors (Lipinski definition) is 1. The van der Waals surface area contributed by atoms with E-state index in [-0.39, 0.29) is 6.23 Å². The number of rotatable bonds is 4. The monoisotopic (exact) mass is 143 g/mol. The van der Waals surface area contributed by atoms with Crippen molar-refractivity contribution in [1.82, 2.24) is 0 Å². The summed E-state index contributed by atoms with van der Waals surface area (Å²) in [7, 11) is 0. The van der Waals surface area contributed by atoms with Gasteiger partial charge in [0, 0.05) is 0 Å². The smallest absolute Gasteiger partial charge is 0.105 e. The summed E-state index contributed by atoms with van der Waals surface area (Å²) in [5.41, 5.74) is 6.75. The van der Waals surface area contributed by atoms with Crippen LogP contribution in [0.4, 0.5) is 0 Å². The van der Waals surface area contributed by atoms with Crippen LogP contribution in [-0.4, -0.2) is 12.8 Å². The molecular formula is C8H17NO. The Hall–Kier alpha value is -0.340. The van der Waals surface area contributed by atoms with E-state index in [1.807, 2.05) is 26.8 Å². The third kappa shape index (κ3) is 4.53. The van der Waals surface area contributed by atoms with Gasteiger partial charge in [0.15, 0.2) is 0 Å². The molecule has 0 amide bonds. The Morgan fingerprint density at radius 3 is 2.70 bits per heavy atom. The molecule has 2 nitrogen and oxygen atoms in total. The lowest BCUT2D eigenvalue weighted by molar-refractivity contribution is 0.0719. The zero-order valence-electron chi connectivity index (χ0n) is 7.05. The molecule has 0 aliphatic carbocycles. The van der Waals surface area contributed by atoms with Gasteiger partial charge < -0.3 is 10.5 Å². The van der Waals surface area contributed by atoms with E-state index in [4.69, 9.17) is 10.5 Å². The van der Waals surface area contributed by atoms with Gasteiger partial charge >= 0.3 is 0 Å². The van der Waals surface area contributed by atoms with Gasteiger partial charge in [0.05, 0.1) is 6.61 Å². The second-order valence-electron chi connectivity index (χ2n) is 2.39. The maximum Gasteiger partial charge on any atom is 0.105 e. The molecule has 1 unspecified atom stereocenters. The summed E-state index contributed by atoms with van der Waals surface area (Å²) < 4.78 is 5.25. The Labute approximate surface area is 63.1 Å². The quantitative estimate of drug-likeness (QED) is 0.480. The summed E-state index contributed by atoms with van der Waals surface area (Å²) in [5.74, 6) is 0. The first-order chi connectivity index (χ1) is 4.70. The molecule has 0 heterocycles. The molecule has 0 aromatic rings. The Morgan fingerprint density at radius 2 is 2.30 bits per heavy atom. The summed E-state index contributed by atoms with van der Waals surface area (Å²) in [4.78, 5) is 0. The van der Waals surface area contributed by atoms with E-state index in [1.165, 1.54) is 5.57 Å². The molecule has 0 aliphatic heterocycles. The van der Waals surface area contributed by atoms with Crippen molar-refractivity contribution in [2.24, 2.45) is 5.73 Å². The normalized spacial score (nSPS) is 15.4. The molecule has 2 N–H and O–H groups in total. The summed E-state index contributed by atoms with van der Waals surface area (Å²) in [6.07, 6.45) is 2.80. The van der Waals surface area contributed by atoms with Gasteiger partial charge in [-0.2, -0.15) is 0 Å². The molecule has 2 heteroatoms.